The van der Waals surface area contributed by atoms with Gasteiger partial charge in [0, 0.05) is 5.70 Å². The fourth-order valence-electron chi connectivity index (χ4n) is 3.37. The second-order valence-electron chi connectivity index (χ2n) is 6.88. The number of nitro groups is 1. The number of rotatable bonds is 8. The van der Waals surface area contributed by atoms with Crippen molar-refractivity contribution in [2.45, 2.75) is 26.5 Å². The van der Waals surface area contributed by atoms with Gasteiger partial charge in [0.25, 0.3) is 5.69 Å². The van der Waals surface area contributed by atoms with Gasteiger partial charge in [0.1, 0.15) is 6.61 Å². The molecule has 1 atom stereocenters. The van der Waals surface area contributed by atoms with Crippen LogP contribution in [0, 0.1) is 10.1 Å². The molecule has 0 spiro atoms. The number of ether oxygens (including phenoxy) is 3. The number of esters is 1. The average Bonchev–Trinajstić information content (AvgIpc) is 2.77. The summed E-state index contributed by atoms with van der Waals surface area (Å²) in [7, 11) is 1.40. The summed E-state index contributed by atoms with van der Waals surface area (Å²) in [6.07, 6.45) is 0. The van der Waals surface area contributed by atoms with Crippen LogP contribution < -0.4 is 20.1 Å². The highest BCUT2D eigenvalue weighted by Gasteiger charge is 2.37. The van der Waals surface area contributed by atoms with E-state index < -0.39 is 23.0 Å². The zero-order valence-corrected chi connectivity index (χ0v) is 17.8. The number of carbonyl (C=O) groups excluding carboxylic acids is 2. The van der Waals surface area contributed by atoms with E-state index in [-0.39, 0.29) is 47.2 Å². The maximum atomic E-state index is 12.6. The van der Waals surface area contributed by atoms with E-state index in [4.69, 9.17) is 14.2 Å². The first-order valence-corrected chi connectivity index (χ1v) is 9.84. The van der Waals surface area contributed by atoms with Crippen LogP contribution in [0.3, 0.4) is 0 Å². The van der Waals surface area contributed by atoms with Crippen LogP contribution in [0.15, 0.2) is 53.7 Å². The van der Waals surface area contributed by atoms with Gasteiger partial charge in [-0.3, -0.25) is 10.1 Å². The number of nitro benzene ring substituents is 1. The molecule has 2 aromatic rings. The van der Waals surface area contributed by atoms with Crippen LogP contribution in [-0.2, 0) is 16.1 Å². The molecule has 1 aliphatic heterocycles. The van der Waals surface area contributed by atoms with Gasteiger partial charge >= 0.3 is 12.0 Å². The number of nitrogens with one attached hydrogen (secondary N) is 2. The summed E-state index contributed by atoms with van der Waals surface area (Å²) in [6.45, 7) is 3.44. The van der Waals surface area contributed by atoms with Crippen molar-refractivity contribution in [1.29, 1.82) is 0 Å². The highest BCUT2D eigenvalue weighted by atomic mass is 16.6. The first-order chi connectivity index (χ1) is 15.3. The summed E-state index contributed by atoms with van der Waals surface area (Å²) in [5.74, 6) is -0.319. The molecule has 1 aliphatic rings. The fourth-order valence-corrected chi connectivity index (χ4v) is 3.37. The summed E-state index contributed by atoms with van der Waals surface area (Å²) >= 11 is 0. The van der Waals surface area contributed by atoms with Gasteiger partial charge in [-0.2, -0.15) is 0 Å². The molecule has 0 radical (unpaired) electrons. The number of nitrogens with zero attached hydrogens (tertiary/aromatic N) is 1. The molecule has 0 saturated carbocycles. The van der Waals surface area contributed by atoms with Crippen LogP contribution in [0.1, 0.15) is 31.0 Å². The van der Waals surface area contributed by atoms with Crippen molar-refractivity contribution in [2.75, 3.05) is 13.7 Å². The standard InChI is InChI=1S/C22H23N3O7/c1-4-31-21(26)19-13(2)23-22(27)24-20(19)15-10-17(30-3)18(11-16(15)25(28)29)32-12-14-8-6-5-7-9-14/h5-11,20H,4,12H2,1-3H3,(H2,23,24,27)/t20-/m1/s1. The Kier molecular flexibility index (Phi) is 6.93. The van der Waals surface area contributed by atoms with E-state index >= 15 is 0 Å². The SMILES string of the molecule is CCOC(=O)C1=C(C)NC(=O)N[C@@H]1c1cc(OC)c(OCc2ccccc2)cc1[N+](=O)[O-]. The largest absolute Gasteiger partial charge is 0.493 e. The zero-order valence-electron chi connectivity index (χ0n) is 17.8. The van der Waals surface area contributed by atoms with Crippen molar-refractivity contribution >= 4 is 17.7 Å². The number of amides is 2. The molecule has 10 nitrogen and oxygen atoms in total. The Balaban J connectivity index is 2.06. The Labute approximate surface area is 184 Å². The topological polar surface area (TPSA) is 129 Å². The monoisotopic (exact) mass is 441 g/mol. The predicted octanol–water partition coefficient (Wildman–Crippen LogP) is 3.37. The molecule has 1 heterocycles. The Morgan fingerprint density at radius 3 is 2.53 bits per heavy atom. The van der Waals surface area contributed by atoms with Crippen LogP contribution in [0.25, 0.3) is 0 Å². The minimum absolute atomic E-state index is 0.0644. The normalized spacial score (nSPS) is 15.5. The number of hydrogen-bond acceptors (Lipinski definition) is 7. The lowest BCUT2D eigenvalue weighted by atomic mass is 9.93. The summed E-state index contributed by atoms with van der Waals surface area (Å²) in [4.78, 5) is 36.0. The van der Waals surface area contributed by atoms with Gasteiger partial charge in [0.05, 0.1) is 41.9 Å². The molecule has 0 aromatic heterocycles. The molecule has 0 fully saturated rings. The molecule has 2 amide bonds. The van der Waals surface area contributed by atoms with Gasteiger partial charge < -0.3 is 24.8 Å². The predicted molar refractivity (Wildman–Crippen MR) is 114 cm³/mol. The number of methoxy groups -OCH3 is 1. The van der Waals surface area contributed by atoms with Crippen molar-refractivity contribution < 1.29 is 28.7 Å². The van der Waals surface area contributed by atoms with E-state index in [9.17, 15) is 19.7 Å². The Morgan fingerprint density at radius 2 is 1.91 bits per heavy atom. The van der Waals surface area contributed by atoms with Crippen LogP contribution in [0.5, 0.6) is 11.5 Å². The lowest BCUT2D eigenvalue weighted by Gasteiger charge is -2.28. The molecule has 0 bridgehead atoms. The summed E-state index contributed by atoms with van der Waals surface area (Å²) in [6, 6.07) is 10.2. The average molecular weight is 441 g/mol. The molecule has 2 aromatic carbocycles. The molecular formula is C22H23N3O7. The smallest absolute Gasteiger partial charge is 0.338 e. The van der Waals surface area contributed by atoms with E-state index in [1.165, 1.54) is 26.2 Å². The van der Waals surface area contributed by atoms with Crippen molar-refractivity contribution in [1.82, 2.24) is 10.6 Å². The number of benzene rings is 2. The van der Waals surface area contributed by atoms with Crippen molar-refractivity contribution in [3.63, 3.8) is 0 Å². The molecular weight excluding hydrogens is 418 g/mol. The molecule has 2 N–H and O–H groups in total. The Bertz CT molecular complexity index is 1070. The third-order valence-electron chi connectivity index (χ3n) is 4.82. The second kappa shape index (κ2) is 9.82. The highest BCUT2D eigenvalue weighted by Crippen LogP contribution is 2.41. The van der Waals surface area contributed by atoms with Gasteiger partial charge in [-0.1, -0.05) is 30.3 Å². The minimum Gasteiger partial charge on any atom is -0.493 e. The number of allylic oxidation sites excluding steroid dienone is 1. The van der Waals surface area contributed by atoms with Crippen molar-refractivity contribution in [3.05, 3.63) is 75.0 Å². The molecule has 10 heteroatoms. The highest BCUT2D eigenvalue weighted by molar-refractivity contribution is 5.95. The van der Waals surface area contributed by atoms with Crippen LogP contribution in [0.2, 0.25) is 0 Å². The maximum absolute atomic E-state index is 12.6. The van der Waals surface area contributed by atoms with Crippen molar-refractivity contribution in [3.8, 4) is 11.5 Å². The third-order valence-corrected chi connectivity index (χ3v) is 4.82. The van der Waals surface area contributed by atoms with Gasteiger partial charge in [0.15, 0.2) is 11.5 Å². The zero-order chi connectivity index (χ0) is 23.3. The molecule has 168 valence electrons. The van der Waals surface area contributed by atoms with Gasteiger partial charge in [-0.25, -0.2) is 9.59 Å². The number of carbonyl (C=O) groups is 2. The third kappa shape index (κ3) is 4.80. The van der Waals surface area contributed by atoms with E-state index in [1.54, 1.807) is 6.92 Å². The number of hydrogen-bond donors (Lipinski definition) is 2. The lowest BCUT2D eigenvalue weighted by molar-refractivity contribution is -0.385. The summed E-state index contributed by atoms with van der Waals surface area (Å²) < 4.78 is 16.3. The molecule has 0 unspecified atom stereocenters. The van der Waals surface area contributed by atoms with E-state index in [0.29, 0.717) is 0 Å². The van der Waals surface area contributed by atoms with Crippen LogP contribution in [-0.4, -0.2) is 30.6 Å². The summed E-state index contributed by atoms with van der Waals surface area (Å²) in [5, 5.41) is 17.0. The minimum atomic E-state index is -1.11. The van der Waals surface area contributed by atoms with Crippen molar-refractivity contribution in [2.24, 2.45) is 0 Å². The van der Waals surface area contributed by atoms with E-state index in [0.717, 1.165) is 5.56 Å². The first kappa shape index (κ1) is 22.6. The Morgan fingerprint density at radius 1 is 1.19 bits per heavy atom. The summed E-state index contributed by atoms with van der Waals surface area (Å²) in [5.41, 5.74) is 0.909. The first-order valence-electron chi connectivity index (χ1n) is 9.84. The molecule has 32 heavy (non-hydrogen) atoms. The maximum Gasteiger partial charge on any atom is 0.338 e. The van der Waals surface area contributed by atoms with Gasteiger partial charge in [0.2, 0.25) is 0 Å². The van der Waals surface area contributed by atoms with Gasteiger partial charge in [-0.05, 0) is 25.5 Å². The van der Waals surface area contributed by atoms with Crippen LogP contribution >= 0.6 is 0 Å². The molecule has 0 saturated heterocycles. The fraction of sp³-hybridized carbons (Fsp3) is 0.273. The van der Waals surface area contributed by atoms with E-state index in [1.807, 2.05) is 30.3 Å². The lowest BCUT2D eigenvalue weighted by Crippen LogP contribution is -2.45. The number of urea groups is 1. The quantitative estimate of drug-likeness (QED) is 0.365. The second-order valence-corrected chi connectivity index (χ2v) is 6.88. The van der Waals surface area contributed by atoms with Crippen LogP contribution in [0.4, 0.5) is 10.5 Å². The van der Waals surface area contributed by atoms with Gasteiger partial charge in [-0.15, -0.1) is 0 Å². The molecule has 0 aliphatic carbocycles. The molecule has 3 rings (SSSR count). The Hall–Kier alpha value is -4.08. The van der Waals surface area contributed by atoms with E-state index in [2.05, 4.69) is 10.6 Å².